The number of nitrogens with one attached hydrogen (secondary N) is 1. The SMILES string of the molecule is CC[C@@H]1C[C@H](OCc2ccc(OC)cc2)CC1c1nnc2cnc3[nH]ccc3n12. The van der Waals surface area contributed by atoms with E-state index in [1.165, 1.54) is 0 Å². The number of ether oxygens (including phenoxy) is 2. The summed E-state index contributed by atoms with van der Waals surface area (Å²) in [5.41, 5.74) is 3.84. The van der Waals surface area contributed by atoms with E-state index in [2.05, 4.69) is 43.6 Å². The van der Waals surface area contributed by atoms with E-state index in [-0.39, 0.29) is 6.10 Å². The summed E-state index contributed by atoms with van der Waals surface area (Å²) in [6.07, 6.45) is 7.03. The molecule has 29 heavy (non-hydrogen) atoms. The zero-order chi connectivity index (χ0) is 19.8. The van der Waals surface area contributed by atoms with Crippen molar-refractivity contribution in [3.63, 3.8) is 0 Å². The largest absolute Gasteiger partial charge is 0.497 e. The first-order valence-electron chi connectivity index (χ1n) is 10.2. The van der Waals surface area contributed by atoms with Crippen LogP contribution >= 0.6 is 0 Å². The lowest BCUT2D eigenvalue weighted by Gasteiger charge is -2.15. The molecule has 0 aliphatic heterocycles. The molecule has 1 unspecified atom stereocenters. The molecule has 1 fully saturated rings. The average molecular weight is 391 g/mol. The summed E-state index contributed by atoms with van der Waals surface area (Å²) in [6.45, 7) is 2.87. The molecule has 150 valence electrons. The molecule has 0 saturated heterocycles. The van der Waals surface area contributed by atoms with Crippen LogP contribution in [0.2, 0.25) is 0 Å². The lowest BCUT2D eigenvalue weighted by atomic mass is 9.93. The number of methoxy groups -OCH3 is 1. The van der Waals surface area contributed by atoms with E-state index >= 15 is 0 Å². The number of H-pyrrole nitrogens is 1. The van der Waals surface area contributed by atoms with Crippen molar-refractivity contribution in [3.8, 4) is 5.75 Å². The van der Waals surface area contributed by atoms with Gasteiger partial charge < -0.3 is 14.5 Å². The van der Waals surface area contributed by atoms with Gasteiger partial charge in [-0.2, -0.15) is 0 Å². The number of aromatic amines is 1. The van der Waals surface area contributed by atoms with E-state index in [1.807, 2.05) is 24.4 Å². The maximum Gasteiger partial charge on any atom is 0.179 e. The second kappa shape index (κ2) is 7.48. The fourth-order valence-electron chi connectivity index (χ4n) is 4.55. The van der Waals surface area contributed by atoms with Crippen LogP contribution in [0.5, 0.6) is 5.75 Å². The molecular weight excluding hydrogens is 366 g/mol. The van der Waals surface area contributed by atoms with E-state index in [0.717, 1.165) is 53.2 Å². The van der Waals surface area contributed by atoms with Gasteiger partial charge in [0.05, 0.1) is 31.5 Å². The Balaban J connectivity index is 1.37. The van der Waals surface area contributed by atoms with Crippen LogP contribution in [0.1, 0.15) is 43.5 Å². The molecule has 1 aromatic carbocycles. The normalized spacial score (nSPS) is 21.9. The van der Waals surface area contributed by atoms with Crippen LogP contribution in [0.4, 0.5) is 0 Å². The minimum absolute atomic E-state index is 0.225. The molecule has 1 aliphatic rings. The number of nitrogens with zero attached hydrogens (tertiary/aromatic N) is 4. The Morgan fingerprint density at radius 3 is 2.79 bits per heavy atom. The third kappa shape index (κ3) is 3.25. The third-order valence-electron chi connectivity index (χ3n) is 6.12. The summed E-state index contributed by atoms with van der Waals surface area (Å²) < 4.78 is 13.7. The molecule has 1 N–H and O–H groups in total. The van der Waals surface area contributed by atoms with E-state index < -0.39 is 0 Å². The molecular formula is C22H25N5O2. The molecule has 3 aromatic heterocycles. The standard InChI is InChI=1S/C22H25N5O2/c1-3-15-10-17(29-13-14-4-6-16(28-2)7-5-14)11-18(15)22-26-25-20-12-24-21-19(27(20)22)8-9-23-21/h4-9,12,15,17-18,23H,3,10-11,13H2,1-2H3/t15-,17+,18?/m1/s1. The van der Waals surface area contributed by atoms with Gasteiger partial charge in [0.25, 0.3) is 0 Å². The second-order valence-electron chi connectivity index (χ2n) is 7.75. The topological polar surface area (TPSA) is 77.3 Å². The van der Waals surface area contributed by atoms with Crippen LogP contribution in [-0.4, -0.2) is 37.8 Å². The van der Waals surface area contributed by atoms with Crippen molar-refractivity contribution < 1.29 is 9.47 Å². The van der Waals surface area contributed by atoms with Gasteiger partial charge in [-0.1, -0.05) is 25.5 Å². The lowest BCUT2D eigenvalue weighted by Crippen LogP contribution is -2.10. The van der Waals surface area contributed by atoms with Crippen molar-refractivity contribution in [1.82, 2.24) is 24.6 Å². The first kappa shape index (κ1) is 18.1. The van der Waals surface area contributed by atoms with Gasteiger partial charge >= 0.3 is 0 Å². The van der Waals surface area contributed by atoms with Gasteiger partial charge in [-0.3, -0.25) is 4.40 Å². The molecule has 0 amide bonds. The van der Waals surface area contributed by atoms with Crippen LogP contribution in [0.15, 0.2) is 42.7 Å². The van der Waals surface area contributed by atoms with Gasteiger partial charge in [0.1, 0.15) is 11.6 Å². The predicted octanol–water partition coefficient (Wildman–Crippen LogP) is 4.10. The van der Waals surface area contributed by atoms with Crippen LogP contribution in [-0.2, 0) is 11.3 Å². The monoisotopic (exact) mass is 391 g/mol. The van der Waals surface area contributed by atoms with Crippen LogP contribution in [0, 0.1) is 5.92 Å². The van der Waals surface area contributed by atoms with Gasteiger partial charge in [0.15, 0.2) is 11.3 Å². The van der Waals surface area contributed by atoms with Crippen molar-refractivity contribution >= 4 is 16.8 Å². The quantitative estimate of drug-likeness (QED) is 0.535. The molecule has 5 rings (SSSR count). The van der Waals surface area contributed by atoms with Crippen molar-refractivity contribution in [1.29, 1.82) is 0 Å². The number of hydrogen-bond donors (Lipinski definition) is 1. The van der Waals surface area contributed by atoms with E-state index in [0.29, 0.717) is 18.4 Å². The maximum absolute atomic E-state index is 6.29. The molecule has 0 bridgehead atoms. The smallest absolute Gasteiger partial charge is 0.179 e. The average Bonchev–Trinajstić information content (AvgIpc) is 3.48. The molecule has 0 spiro atoms. The molecule has 3 heterocycles. The highest BCUT2D eigenvalue weighted by molar-refractivity contribution is 5.74. The van der Waals surface area contributed by atoms with Gasteiger partial charge in [-0.15, -0.1) is 10.2 Å². The first-order chi connectivity index (χ1) is 14.3. The van der Waals surface area contributed by atoms with Gasteiger partial charge in [0.2, 0.25) is 0 Å². The molecule has 1 saturated carbocycles. The molecule has 0 radical (unpaired) electrons. The first-order valence-corrected chi connectivity index (χ1v) is 10.2. The van der Waals surface area contributed by atoms with Gasteiger partial charge in [-0.25, -0.2) is 4.98 Å². The van der Waals surface area contributed by atoms with Gasteiger partial charge in [-0.05, 0) is 42.5 Å². The number of hydrogen-bond acceptors (Lipinski definition) is 5. The Hall–Kier alpha value is -2.93. The molecule has 4 aromatic rings. The Kier molecular flexibility index (Phi) is 4.67. The number of benzene rings is 1. The number of rotatable bonds is 6. The molecule has 1 aliphatic carbocycles. The maximum atomic E-state index is 6.29. The summed E-state index contributed by atoms with van der Waals surface area (Å²) in [5.74, 6) is 2.75. The Bertz CT molecular complexity index is 1120. The van der Waals surface area contributed by atoms with Gasteiger partial charge in [0, 0.05) is 12.1 Å². The number of fused-ring (bicyclic) bond motifs is 3. The highest BCUT2D eigenvalue weighted by Gasteiger charge is 2.37. The fraction of sp³-hybridized carbons (Fsp3) is 0.409. The van der Waals surface area contributed by atoms with Crippen molar-refractivity contribution in [3.05, 3.63) is 54.1 Å². The Morgan fingerprint density at radius 1 is 1.14 bits per heavy atom. The minimum Gasteiger partial charge on any atom is -0.497 e. The minimum atomic E-state index is 0.225. The highest BCUT2D eigenvalue weighted by Crippen LogP contribution is 2.42. The Labute approximate surface area is 169 Å². The van der Waals surface area contributed by atoms with Crippen molar-refractivity contribution in [2.45, 2.75) is 44.8 Å². The van der Waals surface area contributed by atoms with Crippen molar-refractivity contribution in [2.24, 2.45) is 5.92 Å². The molecule has 3 atom stereocenters. The van der Waals surface area contributed by atoms with Crippen LogP contribution in [0.25, 0.3) is 16.8 Å². The predicted molar refractivity (Wildman–Crippen MR) is 110 cm³/mol. The van der Waals surface area contributed by atoms with E-state index in [4.69, 9.17) is 9.47 Å². The summed E-state index contributed by atoms with van der Waals surface area (Å²) in [6, 6.07) is 10.1. The fourth-order valence-corrected chi connectivity index (χ4v) is 4.55. The molecule has 7 heteroatoms. The summed E-state index contributed by atoms with van der Waals surface area (Å²) >= 11 is 0. The van der Waals surface area contributed by atoms with E-state index in [9.17, 15) is 0 Å². The second-order valence-corrected chi connectivity index (χ2v) is 7.75. The Morgan fingerprint density at radius 2 is 2.00 bits per heavy atom. The zero-order valence-corrected chi connectivity index (χ0v) is 16.7. The summed E-state index contributed by atoms with van der Waals surface area (Å²) in [4.78, 5) is 7.61. The summed E-state index contributed by atoms with van der Waals surface area (Å²) in [5, 5.41) is 8.95. The van der Waals surface area contributed by atoms with Crippen LogP contribution in [0.3, 0.4) is 0 Å². The lowest BCUT2D eigenvalue weighted by molar-refractivity contribution is 0.0422. The zero-order valence-electron chi connectivity index (χ0n) is 16.7. The summed E-state index contributed by atoms with van der Waals surface area (Å²) in [7, 11) is 1.68. The third-order valence-corrected chi connectivity index (χ3v) is 6.12. The highest BCUT2D eigenvalue weighted by atomic mass is 16.5. The van der Waals surface area contributed by atoms with E-state index in [1.54, 1.807) is 13.3 Å². The number of aromatic nitrogens is 5. The van der Waals surface area contributed by atoms with Crippen LogP contribution < -0.4 is 4.74 Å². The van der Waals surface area contributed by atoms with Crippen molar-refractivity contribution in [2.75, 3.05) is 7.11 Å². The molecule has 7 nitrogen and oxygen atoms in total.